The smallest absolute Gasteiger partial charge is 0.253 e. The molecule has 2 saturated heterocycles. The second kappa shape index (κ2) is 7.47. The Morgan fingerprint density at radius 1 is 0.933 bits per heavy atom. The lowest BCUT2D eigenvalue weighted by Crippen LogP contribution is -2.53. The van der Waals surface area contributed by atoms with Crippen molar-refractivity contribution >= 4 is 40.0 Å². The van der Waals surface area contributed by atoms with Crippen molar-refractivity contribution in [3.63, 3.8) is 0 Å². The molecule has 0 N–H and O–H groups in total. The van der Waals surface area contributed by atoms with Crippen LogP contribution in [0.5, 0.6) is 0 Å². The second-order valence-corrected chi connectivity index (χ2v) is 9.49. The maximum absolute atomic E-state index is 13.1. The first kappa shape index (κ1) is 19.2. The van der Waals surface area contributed by atoms with E-state index in [1.54, 1.807) is 11.8 Å². The average Bonchev–Trinajstić information content (AvgIpc) is 3.09. The van der Waals surface area contributed by atoms with Crippen LogP contribution in [0.15, 0.2) is 66.7 Å². The van der Waals surface area contributed by atoms with E-state index >= 15 is 0 Å². The third-order valence-corrected chi connectivity index (χ3v) is 7.73. The third kappa shape index (κ3) is 3.27. The van der Waals surface area contributed by atoms with Gasteiger partial charge in [-0.05, 0) is 60.4 Å². The maximum atomic E-state index is 13.1. The summed E-state index contributed by atoms with van der Waals surface area (Å²) in [5.41, 5.74) is 2.85. The highest BCUT2D eigenvalue weighted by Crippen LogP contribution is 2.47. The van der Waals surface area contributed by atoms with E-state index in [1.807, 2.05) is 58.3 Å². The van der Waals surface area contributed by atoms with E-state index in [2.05, 4.69) is 25.1 Å². The molecule has 2 aliphatic rings. The van der Waals surface area contributed by atoms with Gasteiger partial charge in [-0.15, -0.1) is 11.8 Å². The van der Waals surface area contributed by atoms with Crippen LogP contribution in [0.2, 0.25) is 0 Å². The van der Waals surface area contributed by atoms with Crippen LogP contribution >= 0.6 is 11.8 Å². The number of hydrogen-bond acceptors (Lipinski definition) is 3. The first-order valence-corrected chi connectivity index (χ1v) is 11.4. The number of carbonyl (C=O) groups excluding carboxylic acids is 2. The van der Waals surface area contributed by atoms with Gasteiger partial charge in [0.15, 0.2) is 0 Å². The Balaban J connectivity index is 1.35. The monoisotopic (exact) mass is 416 g/mol. The zero-order chi connectivity index (χ0) is 20.7. The number of anilines is 1. The first-order valence-electron chi connectivity index (χ1n) is 10.4. The Labute approximate surface area is 180 Å². The fourth-order valence-corrected chi connectivity index (χ4v) is 5.96. The number of nitrogens with zero attached hydrogens (tertiary/aromatic N) is 2. The molecule has 1 spiro atoms. The highest BCUT2D eigenvalue weighted by atomic mass is 32.2. The van der Waals surface area contributed by atoms with Crippen molar-refractivity contribution in [2.75, 3.05) is 23.7 Å². The van der Waals surface area contributed by atoms with Crippen LogP contribution in [-0.4, -0.2) is 40.4 Å². The van der Waals surface area contributed by atoms with Crippen LogP contribution in [-0.2, 0) is 4.79 Å². The SMILES string of the molecule is Cc1cccc(N2C(=O)CSC23CCN(C(=O)c2ccc4ccccc4c2)CC3)c1. The van der Waals surface area contributed by atoms with Gasteiger partial charge in [-0.25, -0.2) is 0 Å². The van der Waals surface area contributed by atoms with Gasteiger partial charge in [-0.3, -0.25) is 14.5 Å². The molecule has 5 heteroatoms. The van der Waals surface area contributed by atoms with Crippen molar-refractivity contribution in [2.24, 2.45) is 0 Å². The summed E-state index contributed by atoms with van der Waals surface area (Å²) in [6.07, 6.45) is 1.58. The molecule has 5 rings (SSSR count). The van der Waals surface area contributed by atoms with Crippen molar-refractivity contribution in [2.45, 2.75) is 24.6 Å². The lowest BCUT2D eigenvalue weighted by molar-refractivity contribution is -0.116. The van der Waals surface area contributed by atoms with Crippen molar-refractivity contribution < 1.29 is 9.59 Å². The summed E-state index contributed by atoms with van der Waals surface area (Å²) in [4.78, 5) is 29.6. The van der Waals surface area contributed by atoms with E-state index in [-0.39, 0.29) is 16.7 Å². The molecule has 0 saturated carbocycles. The van der Waals surface area contributed by atoms with Gasteiger partial charge in [0.1, 0.15) is 0 Å². The van der Waals surface area contributed by atoms with Gasteiger partial charge in [-0.2, -0.15) is 0 Å². The summed E-state index contributed by atoms with van der Waals surface area (Å²) in [6, 6.07) is 22.2. The second-order valence-electron chi connectivity index (χ2n) is 8.16. The van der Waals surface area contributed by atoms with Crippen LogP contribution in [0.1, 0.15) is 28.8 Å². The number of fused-ring (bicyclic) bond motifs is 1. The van der Waals surface area contributed by atoms with Crippen LogP contribution in [0.3, 0.4) is 0 Å². The molecule has 0 unspecified atom stereocenters. The topological polar surface area (TPSA) is 40.6 Å². The van der Waals surface area contributed by atoms with Gasteiger partial charge in [0, 0.05) is 24.3 Å². The predicted octanol–water partition coefficient (Wildman–Crippen LogP) is 4.86. The predicted molar refractivity (Wildman–Crippen MR) is 123 cm³/mol. The first-order chi connectivity index (χ1) is 14.6. The molecule has 152 valence electrons. The van der Waals surface area contributed by atoms with E-state index in [4.69, 9.17) is 0 Å². The molecular weight excluding hydrogens is 392 g/mol. The maximum Gasteiger partial charge on any atom is 0.253 e. The standard InChI is InChI=1S/C25H24N2O2S/c1-18-5-4-8-22(15-18)27-23(28)17-30-25(27)11-13-26(14-12-25)24(29)21-10-9-19-6-2-3-7-20(19)16-21/h2-10,15-16H,11-14,17H2,1H3. The molecule has 0 radical (unpaired) electrons. The molecule has 2 aliphatic heterocycles. The van der Waals surface area contributed by atoms with Crippen LogP contribution in [0.4, 0.5) is 5.69 Å². The normalized spacial score (nSPS) is 18.4. The Hall–Kier alpha value is -2.79. The summed E-state index contributed by atoms with van der Waals surface area (Å²) in [6.45, 7) is 3.37. The molecule has 2 amide bonds. The Bertz CT molecular complexity index is 1130. The van der Waals surface area contributed by atoms with Gasteiger partial charge < -0.3 is 4.90 Å². The number of benzene rings is 3. The fourth-order valence-electron chi connectivity index (χ4n) is 4.63. The quantitative estimate of drug-likeness (QED) is 0.599. The zero-order valence-electron chi connectivity index (χ0n) is 17.0. The lowest BCUT2D eigenvalue weighted by atomic mass is 9.99. The van der Waals surface area contributed by atoms with Gasteiger partial charge in [0.25, 0.3) is 5.91 Å². The van der Waals surface area contributed by atoms with Crippen molar-refractivity contribution in [3.8, 4) is 0 Å². The number of aryl methyl sites for hydroxylation is 1. The van der Waals surface area contributed by atoms with E-state index in [0.717, 1.165) is 40.4 Å². The molecule has 0 aliphatic carbocycles. The Kier molecular flexibility index (Phi) is 4.78. The Morgan fingerprint density at radius 2 is 1.70 bits per heavy atom. The molecule has 3 aromatic carbocycles. The van der Waals surface area contributed by atoms with Crippen LogP contribution < -0.4 is 4.90 Å². The summed E-state index contributed by atoms with van der Waals surface area (Å²) in [5, 5.41) is 2.22. The van der Waals surface area contributed by atoms with E-state index in [1.165, 1.54) is 0 Å². The van der Waals surface area contributed by atoms with Crippen LogP contribution in [0, 0.1) is 6.92 Å². The number of likely N-dealkylation sites (tertiary alicyclic amines) is 1. The molecule has 2 heterocycles. The molecule has 0 atom stereocenters. The lowest BCUT2D eigenvalue weighted by Gasteiger charge is -2.44. The summed E-state index contributed by atoms with van der Waals surface area (Å²) < 4.78 is 0. The summed E-state index contributed by atoms with van der Waals surface area (Å²) >= 11 is 1.73. The third-order valence-electron chi connectivity index (χ3n) is 6.21. The van der Waals surface area contributed by atoms with E-state index in [0.29, 0.717) is 18.8 Å². The number of carbonyl (C=O) groups is 2. The number of rotatable bonds is 2. The van der Waals surface area contributed by atoms with E-state index in [9.17, 15) is 9.59 Å². The van der Waals surface area contributed by atoms with Crippen molar-refractivity contribution in [1.29, 1.82) is 0 Å². The minimum Gasteiger partial charge on any atom is -0.338 e. The van der Waals surface area contributed by atoms with Crippen molar-refractivity contribution in [1.82, 2.24) is 4.90 Å². The average molecular weight is 417 g/mol. The molecular formula is C25H24N2O2S. The summed E-state index contributed by atoms with van der Waals surface area (Å²) in [5.74, 6) is 0.749. The highest BCUT2D eigenvalue weighted by molar-refractivity contribution is 8.02. The van der Waals surface area contributed by atoms with Crippen molar-refractivity contribution in [3.05, 3.63) is 77.9 Å². The van der Waals surface area contributed by atoms with Gasteiger partial charge in [0.05, 0.1) is 10.6 Å². The molecule has 3 aromatic rings. The van der Waals surface area contributed by atoms with Gasteiger partial charge in [0.2, 0.25) is 5.91 Å². The largest absolute Gasteiger partial charge is 0.338 e. The fraction of sp³-hybridized carbons (Fsp3) is 0.280. The molecule has 2 fully saturated rings. The molecule has 30 heavy (non-hydrogen) atoms. The minimum atomic E-state index is -0.245. The molecule has 4 nitrogen and oxygen atoms in total. The minimum absolute atomic E-state index is 0.0760. The number of piperidine rings is 1. The molecule has 0 bridgehead atoms. The number of thioether (sulfide) groups is 1. The number of hydrogen-bond donors (Lipinski definition) is 0. The summed E-state index contributed by atoms with van der Waals surface area (Å²) in [7, 11) is 0. The number of amides is 2. The van der Waals surface area contributed by atoms with E-state index < -0.39 is 0 Å². The zero-order valence-corrected chi connectivity index (χ0v) is 17.8. The van der Waals surface area contributed by atoms with Gasteiger partial charge >= 0.3 is 0 Å². The Morgan fingerprint density at radius 3 is 2.47 bits per heavy atom. The molecule has 0 aromatic heterocycles. The van der Waals surface area contributed by atoms with Gasteiger partial charge in [-0.1, -0.05) is 42.5 Å². The highest BCUT2D eigenvalue weighted by Gasteiger charge is 2.49. The van der Waals surface area contributed by atoms with Crippen LogP contribution in [0.25, 0.3) is 10.8 Å².